The van der Waals surface area contributed by atoms with E-state index in [1.165, 1.54) is 12.0 Å². The van der Waals surface area contributed by atoms with Gasteiger partial charge in [-0.3, -0.25) is 4.79 Å². The quantitative estimate of drug-likeness (QED) is 0.728. The van der Waals surface area contributed by atoms with Crippen molar-refractivity contribution in [2.75, 3.05) is 6.54 Å². The first-order valence-electron chi connectivity index (χ1n) is 6.83. The molecule has 0 atom stereocenters. The minimum atomic E-state index is 0.283. The molecule has 1 aromatic carbocycles. The highest BCUT2D eigenvalue weighted by molar-refractivity contribution is 5.76. The summed E-state index contributed by atoms with van der Waals surface area (Å²) in [6, 6.07) is 10.3. The van der Waals surface area contributed by atoms with Gasteiger partial charge in [-0.15, -0.1) is 0 Å². The number of carbonyl (C=O) groups is 1. The summed E-state index contributed by atoms with van der Waals surface area (Å²) < 4.78 is 0. The summed E-state index contributed by atoms with van der Waals surface area (Å²) in [5.74, 6) is 0.283. The Morgan fingerprint density at radius 2 is 1.78 bits per heavy atom. The maximum atomic E-state index is 12.1. The number of carbonyl (C=O) groups excluding carboxylic acids is 1. The fourth-order valence-electron chi connectivity index (χ4n) is 2.26. The fraction of sp³-hybridized carbons (Fsp3) is 0.438. The summed E-state index contributed by atoms with van der Waals surface area (Å²) in [5.41, 5.74) is 1.22. The van der Waals surface area contributed by atoms with Crippen molar-refractivity contribution in [2.45, 2.75) is 38.6 Å². The van der Waals surface area contributed by atoms with Crippen LogP contribution in [0.2, 0.25) is 0 Å². The van der Waals surface area contributed by atoms with Gasteiger partial charge in [0, 0.05) is 19.5 Å². The van der Waals surface area contributed by atoms with Gasteiger partial charge in [0.25, 0.3) is 0 Å². The molecule has 0 radical (unpaired) electrons. The lowest BCUT2D eigenvalue weighted by molar-refractivity contribution is -0.131. The molecule has 2 nitrogen and oxygen atoms in total. The van der Waals surface area contributed by atoms with Crippen LogP contribution in [0, 0.1) is 0 Å². The highest BCUT2D eigenvalue weighted by Gasteiger charge is 2.13. The Kier molecular flexibility index (Phi) is 5.00. The third-order valence-corrected chi connectivity index (χ3v) is 3.31. The van der Waals surface area contributed by atoms with E-state index in [1.807, 2.05) is 23.1 Å². The molecule has 0 bridgehead atoms. The molecular weight excluding hydrogens is 222 g/mol. The van der Waals surface area contributed by atoms with Crippen LogP contribution in [0.25, 0.3) is 0 Å². The van der Waals surface area contributed by atoms with Crippen molar-refractivity contribution >= 4 is 5.91 Å². The second-order valence-electron chi connectivity index (χ2n) is 4.81. The molecule has 1 aromatic rings. The van der Waals surface area contributed by atoms with Crippen molar-refractivity contribution in [3.05, 3.63) is 48.0 Å². The molecule has 0 aliphatic carbocycles. The maximum absolute atomic E-state index is 12.1. The van der Waals surface area contributed by atoms with Crippen LogP contribution in [0.15, 0.2) is 42.5 Å². The standard InChI is InChI=1S/C16H21NO/c18-16-12-8-3-1-2-4-9-13-17(16)14-15-10-6-5-7-11-15/h1,3,5-7,10-11H,2,4,8-9,12-14H2/b3-1+. The Labute approximate surface area is 109 Å². The van der Waals surface area contributed by atoms with Gasteiger partial charge in [-0.05, 0) is 31.2 Å². The van der Waals surface area contributed by atoms with Crippen molar-refractivity contribution in [3.8, 4) is 0 Å². The third-order valence-electron chi connectivity index (χ3n) is 3.31. The molecule has 2 rings (SSSR count). The number of allylic oxidation sites excluding steroid dienone is 2. The van der Waals surface area contributed by atoms with Gasteiger partial charge < -0.3 is 4.90 Å². The zero-order valence-electron chi connectivity index (χ0n) is 10.8. The fourth-order valence-corrected chi connectivity index (χ4v) is 2.26. The molecule has 2 heteroatoms. The molecule has 1 amide bonds. The predicted octanol–water partition coefficient (Wildman–Crippen LogP) is 3.54. The van der Waals surface area contributed by atoms with Gasteiger partial charge in [0.15, 0.2) is 0 Å². The van der Waals surface area contributed by atoms with Crippen molar-refractivity contribution in [1.82, 2.24) is 4.90 Å². The Balaban J connectivity index is 1.99. The first kappa shape index (κ1) is 12.9. The predicted molar refractivity (Wildman–Crippen MR) is 74.1 cm³/mol. The van der Waals surface area contributed by atoms with E-state index in [9.17, 15) is 4.79 Å². The monoisotopic (exact) mass is 243 g/mol. The highest BCUT2D eigenvalue weighted by Crippen LogP contribution is 2.11. The Hall–Kier alpha value is -1.57. The number of benzene rings is 1. The smallest absolute Gasteiger partial charge is 0.223 e. The molecule has 0 unspecified atom stereocenters. The van der Waals surface area contributed by atoms with Crippen molar-refractivity contribution < 1.29 is 4.79 Å². The highest BCUT2D eigenvalue weighted by atomic mass is 16.2. The van der Waals surface area contributed by atoms with E-state index in [0.717, 1.165) is 32.4 Å². The minimum absolute atomic E-state index is 0.283. The lowest BCUT2D eigenvalue weighted by Crippen LogP contribution is -2.31. The van der Waals surface area contributed by atoms with Gasteiger partial charge in [-0.1, -0.05) is 42.5 Å². The Morgan fingerprint density at radius 3 is 2.61 bits per heavy atom. The van der Waals surface area contributed by atoms with E-state index in [0.29, 0.717) is 6.42 Å². The van der Waals surface area contributed by atoms with Gasteiger partial charge >= 0.3 is 0 Å². The molecule has 0 N–H and O–H groups in total. The van der Waals surface area contributed by atoms with E-state index in [1.54, 1.807) is 0 Å². The van der Waals surface area contributed by atoms with E-state index in [4.69, 9.17) is 0 Å². The summed E-state index contributed by atoms with van der Waals surface area (Å²) in [7, 11) is 0. The van der Waals surface area contributed by atoms with Crippen molar-refractivity contribution in [3.63, 3.8) is 0 Å². The molecule has 0 fully saturated rings. The topological polar surface area (TPSA) is 20.3 Å². The number of nitrogens with zero attached hydrogens (tertiary/aromatic N) is 1. The van der Waals surface area contributed by atoms with Gasteiger partial charge in [-0.2, -0.15) is 0 Å². The molecule has 1 aliphatic rings. The summed E-state index contributed by atoms with van der Waals surface area (Å²) in [4.78, 5) is 14.1. The van der Waals surface area contributed by atoms with Crippen molar-refractivity contribution in [2.24, 2.45) is 0 Å². The minimum Gasteiger partial charge on any atom is -0.338 e. The molecule has 0 spiro atoms. The Morgan fingerprint density at radius 1 is 1.00 bits per heavy atom. The van der Waals surface area contributed by atoms with Crippen LogP contribution in [0.1, 0.15) is 37.7 Å². The largest absolute Gasteiger partial charge is 0.338 e. The number of hydrogen-bond acceptors (Lipinski definition) is 1. The zero-order chi connectivity index (χ0) is 12.6. The van der Waals surface area contributed by atoms with Gasteiger partial charge in [0.1, 0.15) is 0 Å². The normalized spacial score (nSPS) is 19.6. The van der Waals surface area contributed by atoms with Crippen LogP contribution >= 0.6 is 0 Å². The lowest BCUT2D eigenvalue weighted by atomic mass is 10.1. The van der Waals surface area contributed by atoms with Crippen LogP contribution in [-0.2, 0) is 11.3 Å². The molecule has 1 heterocycles. The summed E-state index contributed by atoms with van der Waals surface area (Å²) >= 11 is 0. The van der Waals surface area contributed by atoms with Gasteiger partial charge in [-0.25, -0.2) is 0 Å². The molecular formula is C16H21NO. The summed E-state index contributed by atoms with van der Waals surface area (Å²) in [5, 5.41) is 0. The second kappa shape index (κ2) is 7.00. The average molecular weight is 243 g/mol. The van der Waals surface area contributed by atoms with E-state index in [-0.39, 0.29) is 5.91 Å². The van der Waals surface area contributed by atoms with Crippen LogP contribution in [0.4, 0.5) is 0 Å². The number of hydrogen-bond donors (Lipinski definition) is 0. The molecule has 96 valence electrons. The van der Waals surface area contributed by atoms with Gasteiger partial charge in [0.2, 0.25) is 5.91 Å². The second-order valence-corrected chi connectivity index (χ2v) is 4.81. The molecule has 0 saturated carbocycles. The molecule has 1 aliphatic heterocycles. The molecule has 0 aromatic heterocycles. The molecule has 18 heavy (non-hydrogen) atoms. The maximum Gasteiger partial charge on any atom is 0.223 e. The van der Waals surface area contributed by atoms with Crippen LogP contribution < -0.4 is 0 Å². The lowest BCUT2D eigenvalue weighted by Gasteiger charge is -2.23. The van der Waals surface area contributed by atoms with Crippen LogP contribution in [0.3, 0.4) is 0 Å². The van der Waals surface area contributed by atoms with E-state index >= 15 is 0 Å². The zero-order valence-corrected chi connectivity index (χ0v) is 10.8. The number of amides is 1. The Bertz CT molecular complexity index is 397. The number of rotatable bonds is 2. The third kappa shape index (κ3) is 4.02. The summed E-state index contributed by atoms with van der Waals surface area (Å²) in [6.45, 7) is 1.64. The van der Waals surface area contributed by atoms with E-state index in [2.05, 4.69) is 24.3 Å². The SMILES string of the molecule is O=C1CC/C=C/CCCCN1Cc1ccccc1. The van der Waals surface area contributed by atoms with Gasteiger partial charge in [0.05, 0.1) is 0 Å². The first-order chi connectivity index (χ1) is 8.86. The summed E-state index contributed by atoms with van der Waals surface area (Å²) in [6.07, 6.45) is 9.29. The average Bonchev–Trinajstić information content (AvgIpc) is 2.41. The molecule has 0 saturated heterocycles. The van der Waals surface area contributed by atoms with Crippen LogP contribution in [0.5, 0.6) is 0 Å². The van der Waals surface area contributed by atoms with Crippen LogP contribution in [-0.4, -0.2) is 17.4 Å². The van der Waals surface area contributed by atoms with Crippen molar-refractivity contribution in [1.29, 1.82) is 0 Å². The first-order valence-corrected chi connectivity index (χ1v) is 6.83. The van der Waals surface area contributed by atoms with E-state index < -0.39 is 0 Å².